The zero-order chi connectivity index (χ0) is 39.8. The molecular formula is C56H48N2. The van der Waals surface area contributed by atoms with Crippen molar-refractivity contribution in [1.29, 1.82) is 0 Å². The Bertz CT molecular complexity index is 2880. The molecule has 0 bridgehead atoms. The van der Waals surface area contributed by atoms with E-state index in [4.69, 9.17) is 0 Å². The average Bonchev–Trinajstić information content (AvgIpc) is 3.64. The van der Waals surface area contributed by atoms with Gasteiger partial charge in [-0.2, -0.15) is 0 Å². The number of hydrogen-bond acceptors (Lipinski definition) is 2. The molecule has 0 fully saturated rings. The lowest BCUT2D eigenvalue weighted by atomic mass is 9.81. The summed E-state index contributed by atoms with van der Waals surface area (Å²) in [5, 5.41) is 0. The van der Waals surface area contributed by atoms with Gasteiger partial charge in [-0.3, -0.25) is 0 Å². The highest BCUT2D eigenvalue weighted by Gasteiger charge is 2.37. The van der Waals surface area contributed by atoms with E-state index >= 15 is 0 Å². The first kappa shape index (κ1) is 35.8. The van der Waals surface area contributed by atoms with Crippen molar-refractivity contribution in [2.24, 2.45) is 0 Å². The number of nitrogens with zero attached hydrogens (tertiary/aromatic N) is 2. The van der Waals surface area contributed by atoms with Gasteiger partial charge in [0.05, 0.1) is 0 Å². The molecule has 2 nitrogen and oxygen atoms in total. The summed E-state index contributed by atoms with van der Waals surface area (Å²) in [6, 6.07) is 67.2. The summed E-state index contributed by atoms with van der Waals surface area (Å²) in [6.07, 6.45) is 0. The van der Waals surface area contributed by atoms with Crippen LogP contribution in [0.5, 0.6) is 0 Å². The Kier molecular flexibility index (Phi) is 8.32. The van der Waals surface area contributed by atoms with Gasteiger partial charge >= 0.3 is 0 Å². The van der Waals surface area contributed by atoms with Crippen molar-refractivity contribution in [2.45, 2.75) is 38.5 Å². The first-order valence-electron chi connectivity index (χ1n) is 20.5. The molecule has 8 aromatic rings. The second-order valence-corrected chi connectivity index (χ2v) is 17.1. The maximum atomic E-state index is 2.40. The summed E-state index contributed by atoms with van der Waals surface area (Å²) < 4.78 is 0. The minimum Gasteiger partial charge on any atom is -0.345 e. The van der Waals surface area contributed by atoms with E-state index in [1.165, 1.54) is 95.0 Å². The third-order valence-corrected chi connectivity index (χ3v) is 13.1. The molecule has 0 N–H and O–H groups in total. The van der Waals surface area contributed by atoms with E-state index in [9.17, 15) is 0 Å². The van der Waals surface area contributed by atoms with Gasteiger partial charge in [-0.1, -0.05) is 155 Å². The van der Waals surface area contributed by atoms with Crippen LogP contribution >= 0.6 is 0 Å². The quantitative estimate of drug-likeness (QED) is 0.160. The highest BCUT2D eigenvalue weighted by molar-refractivity contribution is 5.89. The predicted octanol–water partition coefficient (Wildman–Crippen LogP) is 14.8. The molecule has 2 heteroatoms. The van der Waals surface area contributed by atoms with Gasteiger partial charge in [0.2, 0.25) is 0 Å². The van der Waals surface area contributed by atoms with E-state index < -0.39 is 0 Å². The highest BCUT2D eigenvalue weighted by atomic mass is 15.1. The molecule has 0 heterocycles. The van der Waals surface area contributed by atoms with Crippen LogP contribution in [0.2, 0.25) is 0 Å². The largest absolute Gasteiger partial charge is 0.345 e. The molecule has 0 saturated heterocycles. The smallest absolute Gasteiger partial charge is 0.0487 e. The SMILES string of the molecule is CN(c1cccc(-c2cccc(-c3ccccc3N(C)c3ccc4c(c3)C(C)(C)c3ccccc3-4)c2)c1)c1ccc2c(c1)C(C)(C)c1cc(-c3ccccc3)ccc1-2. The van der Waals surface area contributed by atoms with E-state index in [-0.39, 0.29) is 10.8 Å². The summed E-state index contributed by atoms with van der Waals surface area (Å²) in [6.45, 7) is 9.43. The van der Waals surface area contributed by atoms with Crippen LogP contribution in [0.3, 0.4) is 0 Å². The molecule has 0 aromatic heterocycles. The van der Waals surface area contributed by atoms with Gasteiger partial charge < -0.3 is 9.80 Å². The summed E-state index contributed by atoms with van der Waals surface area (Å²) in [7, 11) is 4.38. The van der Waals surface area contributed by atoms with Gasteiger partial charge in [0, 0.05) is 53.2 Å². The van der Waals surface area contributed by atoms with E-state index in [1.807, 2.05) is 0 Å². The van der Waals surface area contributed by atoms with Crippen molar-refractivity contribution in [3.63, 3.8) is 0 Å². The fourth-order valence-electron chi connectivity index (χ4n) is 9.70. The van der Waals surface area contributed by atoms with Crippen LogP contribution in [-0.4, -0.2) is 14.1 Å². The fourth-order valence-corrected chi connectivity index (χ4v) is 9.70. The van der Waals surface area contributed by atoms with Crippen LogP contribution in [0.4, 0.5) is 22.7 Å². The van der Waals surface area contributed by atoms with Crippen molar-refractivity contribution in [3.8, 4) is 55.6 Å². The van der Waals surface area contributed by atoms with Gasteiger partial charge in [0.25, 0.3) is 0 Å². The molecule has 0 radical (unpaired) electrons. The van der Waals surface area contributed by atoms with Crippen molar-refractivity contribution in [2.75, 3.05) is 23.9 Å². The Hall–Kier alpha value is -6.64. The number of rotatable bonds is 7. The Morgan fingerprint density at radius 2 is 0.759 bits per heavy atom. The maximum Gasteiger partial charge on any atom is 0.0487 e. The molecule has 0 saturated carbocycles. The Morgan fingerprint density at radius 1 is 0.293 bits per heavy atom. The minimum atomic E-state index is -0.109. The Labute approximate surface area is 343 Å². The lowest BCUT2D eigenvalue weighted by Crippen LogP contribution is -2.16. The van der Waals surface area contributed by atoms with Crippen LogP contribution in [0, 0.1) is 0 Å². The van der Waals surface area contributed by atoms with Gasteiger partial charge in [-0.05, 0) is 127 Å². The second kappa shape index (κ2) is 13.5. The lowest BCUT2D eigenvalue weighted by molar-refractivity contribution is 0.660. The van der Waals surface area contributed by atoms with Crippen molar-refractivity contribution >= 4 is 22.7 Å². The first-order valence-corrected chi connectivity index (χ1v) is 20.5. The van der Waals surface area contributed by atoms with E-state index in [2.05, 4.69) is 234 Å². The summed E-state index contributed by atoms with van der Waals surface area (Å²) >= 11 is 0. The highest BCUT2D eigenvalue weighted by Crippen LogP contribution is 2.52. The third-order valence-electron chi connectivity index (χ3n) is 13.1. The Morgan fingerprint density at radius 3 is 1.48 bits per heavy atom. The van der Waals surface area contributed by atoms with E-state index in [0.29, 0.717) is 0 Å². The predicted molar refractivity (Wildman–Crippen MR) is 247 cm³/mol. The molecule has 0 amide bonds. The van der Waals surface area contributed by atoms with Crippen LogP contribution in [0.1, 0.15) is 49.9 Å². The zero-order valence-corrected chi connectivity index (χ0v) is 34.2. The molecule has 282 valence electrons. The molecule has 0 atom stereocenters. The van der Waals surface area contributed by atoms with Crippen molar-refractivity contribution in [3.05, 3.63) is 204 Å². The van der Waals surface area contributed by atoms with Crippen LogP contribution < -0.4 is 9.80 Å². The summed E-state index contributed by atoms with van der Waals surface area (Å²) in [5.41, 5.74) is 22.8. The molecule has 8 aromatic carbocycles. The number of benzene rings is 8. The minimum absolute atomic E-state index is 0.0462. The molecule has 10 rings (SSSR count). The number of anilines is 4. The molecule has 0 unspecified atom stereocenters. The third kappa shape index (κ3) is 5.70. The number of para-hydroxylation sites is 1. The van der Waals surface area contributed by atoms with E-state index in [1.54, 1.807) is 0 Å². The molecule has 2 aliphatic rings. The van der Waals surface area contributed by atoms with Crippen LogP contribution in [0.15, 0.2) is 182 Å². The second-order valence-electron chi connectivity index (χ2n) is 17.1. The lowest BCUT2D eigenvalue weighted by Gasteiger charge is -2.26. The fraction of sp³-hybridized carbons (Fsp3) is 0.143. The standard InChI is InChI=1S/C56H48N2/c1-55(2)50-24-12-10-23-46(50)48-31-28-44(36-52(48)55)58(6)54-25-13-11-22-45(54)41-20-14-18-38(32-41)39-19-15-21-42(33-39)57(5)43-27-30-49-47-29-26-40(37-16-8-7-9-17-37)34-51(47)56(3,4)53(49)35-43/h7-36H,1-6H3. The van der Waals surface area contributed by atoms with Gasteiger partial charge in [0.15, 0.2) is 0 Å². The normalized spacial score (nSPS) is 14.0. The molecule has 0 aliphatic heterocycles. The Balaban J connectivity index is 0.936. The van der Waals surface area contributed by atoms with Gasteiger partial charge in [0.1, 0.15) is 0 Å². The monoisotopic (exact) mass is 748 g/mol. The molecule has 2 aliphatic carbocycles. The first-order chi connectivity index (χ1) is 28.1. The molecule has 58 heavy (non-hydrogen) atoms. The average molecular weight is 749 g/mol. The molecular weight excluding hydrogens is 701 g/mol. The number of hydrogen-bond donors (Lipinski definition) is 0. The summed E-state index contributed by atoms with van der Waals surface area (Å²) in [4.78, 5) is 4.66. The van der Waals surface area contributed by atoms with Gasteiger partial charge in [-0.15, -0.1) is 0 Å². The van der Waals surface area contributed by atoms with Gasteiger partial charge in [-0.25, -0.2) is 0 Å². The molecule has 0 spiro atoms. The van der Waals surface area contributed by atoms with Crippen molar-refractivity contribution in [1.82, 2.24) is 0 Å². The number of fused-ring (bicyclic) bond motifs is 6. The topological polar surface area (TPSA) is 6.48 Å². The van der Waals surface area contributed by atoms with Crippen LogP contribution in [0.25, 0.3) is 55.6 Å². The summed E-state index contributed by atoms with van der Waals surface area (Å²) in [5.74, 6) is 0. The van der Waals surface area contributed by atoms with Crippen molar-refractivity contribution < 1.29 is 0 Å². The zero-order valence-electron chi connectivity index (χ0n) is 34.2. The van der Waals surface area contributed by atoms with Crippen LogP contribution in [-0.2, 0) is 10.8 Å². The maximum absolute atomic E-state index is 2.40. The van der Waals surface area contributed by atoms with E-state index in [0.717, 1.165) is 5.69 Å².